The number of rotatable bonds is 2. The van der Waals surface area contributed by atoms with Gasteiger partial charge in [-0.2, -0.15) is 0 Å². The van der Waals surface area contributed by atoms with Gasteiger partial charge in [0, 0.05) is 16.5 Å². The Morgan fingerprint density at radius 2 is 2.32 bits per heavy atom. The molecule has 1 heterocycles. The van der Waals surface area contributed by atoms with Crippen LogP contribution in [0.4, 0.5) is 4.39 Å². The molecule has 3 nitrogen and oxygen atoms in total. The van der Waals surface area contributed by atoms with E-state index in [2.05, 4.69) is 4.98 Å². The molecule has 1 aromatic carbocycles. The van der Waals surface area contributed by atoms with Gasteiger partial charge in [0.1, 0.15) is 5.01 Å². The van der Waals surface area contributed by atoms with E-state index >= 15 is 0 Å². The van der Waals surface area contributed by atoms with Crippen LogP contribution in [0.15, 0.2) is 18.2 Å². The molecule has 0 saturated carbocycles. The van der Waals surface area contributed by atoms with Crippen molar-refractivity contribution in [1.82, 2.24) is 4.98 Å². The van der Waals surface area contributed by atoms with Gasteiger partial charge in [0.05, 0.1) is 12.8 Å². The second-order valence-electron chi connectivity index (χ2n) is 4.68. The molecule has 2 N–H and O–H groups in total. The summed E-state index contributed by atoms with van der Waals surface area (Å²) in [6.45, 7) is 0. The smallest absolute Gasteiger partial charge is 0.165 e. The third-order valence-corrected chi connectivity index (χ3v) is 4.67. The van der Waals surface area contributed by atoms with Crippen LogP contribution in [0.2, 0.25) is 0 Å². The summed E-state index contributed by atoms with van der Waals surface area (Å²) in [4.78, 5) is 5.81. The van der Waals surface area contributed by atoms with Gasteiger partial charge in [-0.1, -0.05) is 0 Å². The van der Waals surface area contributed by atoms with Gasteiger partial charge in [-0.25, -0.2) is 9.37 Å². The minimum Gasteiger partial charge on any atom is -0.494 e. The molecule has 0 saturated heterocycles. The van der Waals surface area contributed by atoms with E-state index in [0.717, 1.165) is 35.5 Å². The van der Waals surface area contributed by atoms with Gasteiger partial charge >= 0.3 is 0 Å². The Morgan fingerprint density at radius 3 is 3.05 bits per heavy atom. The minimum absolute atomic E-state index is 0.0948. The predicted octanol–water partition coefficient (Wildman–Crippen LogP) is 3.29. The predicted molar refractivity (Wildman–Crippen MR) is 73.9 cm³/mol. The number of hydrogen-bond donors (Lipinski definition) is 1. The van der Waals surface area contributed by atoms with Crippen molar-refractivity contribution in [2.24, 2.45) is 5.73 Å². The first-order valence-corrected chi connectivity index (χ1v) is 7.10. The summed E-state index contributed by atoms with van der Waals surface area (Å²) in [5.41, 5.74) is 8.08. The van der Waals surface area contributed by atoms with Crippen molar-refractivity contribution in [2.75, 3.05) is 7.11 Å². The molecule has 1 aromatic heterocycles. The lowest BCUT2D eigenvalue weighted by atomic mass is 9.99. The van der Waals surface area contributed by atoms with Crippen molar-refractivity contribution in [2.45, 2.75) is 25.3 Å². The molecule has 0 radical (unpaired) electrons. The van der Waals surface area contributed by atoms with Crippen molar-refractivity contribution in [1.29, 1.82) is 0 Å². The quantitative estimate of drug-likeness (QED) is 0.917. The van der Waals surface area contributed by atoms with Gasteiger partial charge in [-0.3, -0.25) is 0 Å². The van der Waals surface area contributed by atoms with Crippen molar-refractivity contribution in [3.05, 3.63) is 34.6 Å². The topological polar surface area (TPSA) is 48.1 Å². The van der Waals surface area contributed by atoms with E-state index in [4.69, 9.17) is 10.5 Å². The molecular weight excluding hydrogens is 263 g/mol. The lowest BCUT2D eigenvalue weighted by Gasteiger charge is -2.15. The van der Waals surface area contributed by atoms with Gasteiger partial charge in [0.2, 0.25) is 0 Å². The molecule has 3 rings (SSSR count). The van der Waals surface area contributed by atoms with Crippen molar-refractivity contribution < 1.29 is 9.13 Å². The molecule has 19 heavy (non-hydrogen) atoms. The van der Waals surface area contributed by atoms with E-state index in [1.807, 2.05) is 0 Å². The summed E-state index contributed by atoms with van der Waals surface area (Å²) in [6, 6.07) is 4.92. The minimum atomic E-state index is -0.357. The number of benzene rings is 1. The van der Waals surface area contributed by atoms with Gasteiger partial charge in [-0.15, -0.1) is 11.3 Å². The number of methoxy groups -OCH3 is 1. The monoisotopic (exact) mass is 278 g/mol. The van der Waals surface area contributed by atoms with Gasteiger partial charge in [0.25, 0.3) is 0 Å². The van der Waals surface area contributed by atoms with Gasteiger partial charge in [0.15, 0.2) is 11.6 Å². The lowest BCUT2D eigenvalue weighted by Crippen LogP contribution is -2.15. The summed E-state index contributed by atoms with van der Waals surface area (Å²) in [5, 5.41) is 0.889. The van der Waals surface area contributed by atoms with E-state index in [9.17, 15) is 4.39 Å². The van der Waals surface area contributed by atoms with E-state index in [1.54, 1.807) is 23.5 Å². The SMILES string of the molecule is COc1cc(-c2nc3c(s2)C(N)CCC3)ccc1F. The number of aromatic nitrogens is 1. The first-order chi connectivity index (χ1) is 9.19. The molecule has 1 atom stereocenters. The molecule has 100 valence electrons. The van der Waals surface area contributed by atoms with Crippen LogP contribution in [-0.4, -0.2) is 12.1 Å². The zero-order chi connectivity index (χ0) is 13.4. The number of nitrogens with zero attached hydrogens (tertiary/aromatic N) is 1. The van der Waals surface area contributed by atoms with Crippen LogP contribution in [0.1, 0.15) is 29.5 Å². The fourth-order valence-electron chi connectivity index (χ4n) is 2.37. The number of thiazole rings is 1. The third-order valence-electron chi connectivity index (χ3n) is 3.39. The number of fused-ring (bicyclic) bond motifs is 1. The first kappa shape index (κ1) is 12.6. The highest BCUT2D eigenvalue weighted by Gasteiger charge is 2.22. The molecule has 0 aliphatic heterocycles. The van der Waals surface area contributed by atoms with E-state index < -0.39 is 0 Å². The van der Waals surface area contributed by atoms with Crippen LogP contribution in [0.25, 0.3) is 10.6 Å². The number of ether oxygens (including phenoxy) is 1. The van der Waals surface area contributed by atoms with E-state index in [0.29, 0.717) is 0 Å². The lowest BCUT2D eigenvalue weighted by molar-refractivity contribution is 0.387. The first-order valence-electron chi connectivity index (χ1n) is 6.28. The second-order valence-corrected chi connectivity index (χ2v) is 5.71. The number of aryl methyl sites for hydroxylation is 1. The van der Waals surface area contributed by atoms with Crippen LogP contribution >= 0.6 is 11.3 Å². The molecule has 0 spiro atoms. The average molecular weight is 278 g/mol. The zero-order valence-electron chi connectivity index (χ0n) is 10.6. The normalized spacial score (nSPS) is 18.2. The highest BCUT2D eigenvalue weighted by Crippen LogP contribution is 2.37. The molecule has 1 aliphatic carbocycles. The Bertz CT molecular complexity index is 611. The number of halogens is 1. The van der Waals surface area contributed by atoms with Crippen LogP contribution in [-0.2, 0) is 6.42 Å². The molecule has 0 amide bonds. The average Bonchev–Trinajstić information content (AvgIpc) is 2.85. The summed E-state index contributed by atoms with van der Waals surface area (Å²) in [7, 11) is 1.46. The second kappa shape index (κ2) is 4.90. The zero-order valence-corrected chi connectivity index (χ0v) is 11.5. The highest BCUT2D eigenvalue weighted by molar-refractivity contribution is 7.15. The fourth-order valence-corrected chi connectivity index (χ4v) is 3.51. The molecule has 0 bridgehead atoms. The molecule has 2 aromatic rings. The largest absolute Gasteiger partial charge is 0.494 e. The van der Waals surface area contributed by atoms with Crippen LogP contribution in [0.3, 0.4) is 0 Å². The van der Waals surface area contributed by atoms with Crippen LogP contribution in [0, 0.1) is 5.82 Å². The summed E-state index contributed by atoms with van der Waals surface area (Å²) >= 11 is 1.61. The molecular formula is C14H15FN2OS. The molecule has 1 unspecified atom stereocenters. The Hall–Kier alpha value is -1.46. The highest BCUT2D eigenvalue weighted by atomic mass is 32.1. The maximum absolute atomic E-state index is 13.4. The summed E-state index contributed by atoms with van der Waals surface area (Å²) in [5.74, 6) is -0.112. The number of hydrogen-bond acceptors (Lipinski definition) is 4. The van der Waals surface area contributed by atoms with Crippen molar-refractivity contribution >= 4 is 11.3 Å². The Morgan fingerprint density at radius 1 is 1.47 bits per heavy atom. The molecule has 0 fully saturated rings. The Balaban J connectivity index is 2.03. The standard InChI is InChI=1S/C14H15FN2OS/c1-18-12-7-8(5-6-9(12)15)14-17-11-4-2-3-10(16)13(11)19-14/h5-7,10H,2-4,16H2,1H3. The summed E-state index contributed by atoms with van der Waals surface area (Å²) < 4.78 is 18.4. The maximum atomic E-state index is 13.4. The summed E-state index contributed by atoms with van der Waals surface area (Å²) in [6.07, 6.45) is 3.09. The van der Waals surface area contributed by atoms with E-state index in [1.165, 1.54) is 18.1 Å². The van der Waals surface area contributed by atoms with Gasteiger partial charge < -0.3 is 10.5 Å². The third kappa shape index (κ3) is 2.24. The Labute approximate surface area is 115 Å². The Kier molecular flexibility index (Phi) is 3.24. The van der Waals surface area contributed by atoms with E-state index in [-0.39, 0.29) is 17.6 Å². The van der Waals surface area contributed by atoms with Crippen molar-refractivity contribution in [3.8, 4) is 16.3 Å². The molecule has 1 aliphatic rings. The van der Waals surface area contributed by atoms with Crippen molar-refractivity contribution in [3.63, 3.8) is 0 Å². The van der Waals surface area contributed by atoms with Crippen LogP contribution in [0.5, 0.6) is 5.75 Å². The van der Waals surface area contributed by atoms with Gasteiger partial charge in [-0.05, 0) is 37.5 Å². The molecule has 5 heteroatoms. The fraction of sp³-hybridized carbons (Fsp3) is 0.357. The van der Waals surface area contributed by atoms with Crippen LogP contribution < -0.4 is 10.5 Å². The maximum Gasteiger partial charge on any atom is 0.165 e. The number of nitrogens with two attached hydrogens (primary N) is 1.